The number of anilines is 2. The average molecular weight is 275 g/mol. The Morgan fingerprint density at radius 2 is 1.80 bits per heavy atom. The minimum atomic E-state index is 0.0913. The van der Waals surface area contributed by atoms with Crippen LogP contribution in [-0.2, 0) is 4.79 Å². The van der Waals surface area contributed by atoms with Crippen molar-refractivity contribution >= 4 is 17.3 Å². The molecule has 1 aliphatic carbocycles. The van der Waals surface area contributed by atoms with Crippen LogP contribution in [0.2, 0.25) is 0 Å². The smallest absolute Gasteiger partial charge is 0.239 e. The van der Waals surface area contributed by atoms with Crippen LogP contribution >= 0.6 is 0 Å². The van der Waals surface area contributed by atoms with Gasteiger partial charge in [0.05, 0.1) is 6.54 Å². The van der Waals surface area contributed by atoms with E-state index in [-0.39, 0.29) is 5.91 Å². The lowest BCUT2D eigenvalue weighted by Gasteiger charge is -2.23. The van der Waals surface area contributed by atoms with Gasteiger partial charge in [-0.2, -0.15) is 0 Å². The van der Waals surface area contributed by atoms with Crippen LogP contribution in [0.5, 0.6) is 0 Å². The lowest BCUT2D eigenvalue weighted by molar-refractivity contribution is -0.120. The third-order valence-electron chi connectivity index (χ3n) is 3.81. The number of hydrogen-bond acceptors (Lipinski definition) is 3. The molecule has 0 aromatic heterocycles. The molecule has 20 heavy (non-hydrogen) atoms. The lowest BCUT2D eigenvalue weighted by Crippen LogP contribution is -2.39. The zero-order chi connectivity index (χ0) is 14.4. The van der Waals surface area contributed by atoms with E-state index in [1.165, 1.54) is 19.3 Å². The van der Waals surface area contributed by atoms with E-state index in [2.05, 4.69) is 15.5 Å². The summed E-state index contributed by atoms with van der Waals surface area (Å²) in [5.74, 6) is 0.0913. The first kappa shape index (κ1) is 14.7. The van der Waals surface area contributed by atoms with Crippen molar-refractivity contribution in [3.63, 3.8) is 0 Å². The second kappa shape index (κ2) is 7.17. The molecule has 0 aliphatic heterocycles. The Kier molecular flexibility index (Phi) is 5.27. The van der Waals surface area contributed by atoms with Gasteiger partial charge in [0.1, 0.15) is 0 Å². The summed E-state index contributed by atoms with van der Waals surface area (Å²) in [6, 6.07) is 8.48. The predicted octanol–water partition coefficient (Wildman–Crippen LogP) is 2.61. The number of nitrogens with one attached hydrogen (secondary N) is 2. The number of benzene rings is 1. The van der Waals surface area contributed by atoms with Gasteiger partial charge in [0.15, 0.2) is 0 Å². The molecule has 0 spiro atoms. The Morgan fingerprint density at radius 3 is 2.40 bits per heavy atom. The first-order chi connectivity index (χ1) is 9.65. The lowest BCUT2D eigenvalue weighted by atomic mass is 9.95. The minimum absolute atomic E-state index is 0.0913. The molecule has 0 bridgehead atoms. The molecule has 0 heterocycles. The summed E-state index contributed by atoms with van der Waals surface area (Å²) < 4.78 is 0. The van der Waals surface area contributed by atoms with Crippen LogP contribution in [0.25, 0.3) is 0 Å². The highest BCUT2D eigenvalue weighted by molar-refractivity contribution is 5.81. The maximum Gasteiger partial charge on any atom is 0.239 e. The highest BCUT2D eigenvalue weighted by Crippen LogP contribution is 2.17. The highest BCUT2D eigenvalue weighted by Gasteiger charge is 2.15. The van der Waals surface area contributed by atoms with Crippen LogP contribution in [0.4, 0.5) is 11.4 Å². The zero-order valence-corrected chi connectivity index (χ0v) is 12.5. The Hall–Kier alpha value is -1.71. The number of rotatable bonds is 5. The van der Waals surface area contributed by atoms with Crippen molar-refractivity contribution in [2.45, 2.75) is 38.1 Å². The number of hydrogen-bond donors (Lipinski definition) is 2. The molecule has 1 aliphatic rings. The van der Waals surface area contributed by atoms with Gasteiger partial charge in [-0.05, 0) is 37.1 Å². The molecule has 0 radical (unpaired) electrons. The molecule has 0 atom stereocenters. The van der Waals surface area contributed by atoms with E-state index in [4.69, 9.17) is 0 Å². The summed E-state index contributed by atoms with van der Waals surface area (Å²) in [7, 11) is 4.03. The highest BCUT2D eigenvalue weighted by atomic mass is 16.1. The molecule has 1 saturated carbocycles. The Bertz CT molecular complexity index is 422. The summed E-state index contributed by atoms with van der Waals surface area (Å²) in [5.41, 5.74) is 2.14. The van der Waals surface area contributed by atoms with E-state index in [0.29, 0.717) is 12.6 Å². The summed E-state index contributed by atoms with van der Waals surface area (Å²) in [4.78, 5) is 13.9. The Labute approximate surface area is 121 Å². The van der Waals surface area contributed by atoms with Gasteiger partial charge in [-0.3, -0.25) is 4.79 Å². The zero-order valence-electron chi connectivity index (χ0n) is 12.5. The SMILES string of the molecule is CN(C)c1ccc(NCC(=O)NC2CCCCC2)cc1. The summed E-state index contributed by atoms with van der Waals surface area (Å²) in [6.07, 6.45) is 6.05. The predicted molar refractivity (Wildman–Crippen MR) is 84.3 cm³/mol. The van der Waals surface area contributed by atoms with E-state index in [0.717, 1.165) is 24.2 Å². The third-order valence-corrected chi connectivity index (χ3v) is 3.81. The van der Waals surface area contributed by atoms with Crippen molar-refractivity contribution in [2.75, 3.05) is 30.9 Å². The van der Waals surface area contributed by atoms with Crippen molar-refractivity contribution in [1.82, 2.24) is 5.32 Å². The Balaban J connectivity index is 1.74. The van der Waals surface area contributed by atoms with Gasteiger partial charge in [-0.1, -0.05) is 19.3 Å². The van der Waals surface area contributed by atoms with Gasteiger partial charge in [0.2, 0.25) is 5.91 Å². The molecule has 1 aromatic rings. The standard InChI is InChI=1S/C16H25N3O/c1-19(2)15-10-8-13(9-11-15)17-12-16(20)18-14-6-4-3-5-7-14/h8-11,14,17H,3-7,12H2,1-2H3,(H,18,20). The molecule has 2 rings (SSSR count). The van der Waals surface area contributed by atoms with E-state index in [1.807, 2.05) is 38.4 Å². The van der Waals surface area contributed by atoms with Gasteiger partial charge in [0, 0.05) is 31.5 Å². The van der Waals surface area contributed by atoms with Crippen molar-refractivity contribution in [3.8, 4) is 0 Å². The van der Waals surface area contributed by atoms with Gasteiger partial charge >= 0.3 is 0 Å². The monoisotopic (exact) mass is 275 g/mol. The first-order valence-electron chi connectivity index (χ1n) is 7.46. The van der Waals surface area contributed by atoms with Crippen LogP contribution in [-0.4, -0.2) is 32.6 Å². The van der Waals surface area contributed by atoms with Crippen molar-refractivity contribution < 1.29 is 4.79 Å². The molecular formula is C16H25N3O. The van der Waals surface area contributed by atoms with E-state index >= 15 is 0 Å². The van der Waals surface area contributed by atoms with Gasteiger partial charge < -0.3 is 15.5 Å². The molecule has 2 N–H and O–H groups in total. The minimum Gasteiger partial charge on any atom is -0.378 e. The van der Waals surface area contributed by atoms with Crippen LogP contribution in [0.3, 0.4) is 0 Å². The molecule has 0 unspecified atom stereocenters. The molecule has 1 amide bonds. The number of nitrogens with zero attached hydrogens (tertiary/aromatic N) is 1. The second-order valence-electron chi connectivity index (χ2n) is 5.70. The molecule has 1 aromatic carbocycles. The van der Waals surface area contributed by atoms with E-state index in [9.17, 15) is 4.79 Å². The Morgan fingerprint density at radius 1 is 1.15 bits per heavy atom. The molecule has 0 saturated heterocycles. The molecule has 4 heteroatoms. The third kappa shape index (κ3) is 4.44. The molecule has 110 valence electrons. The maximum atomic E-state index is 11.9. The summed E-state index contributed by atoms with van der Waals surface area (Å²) in [6.45, 7) is 0.345. The fraction of sp³-hybridized carbons (Fsp3) is 0.562. The average Bonchev–Trinajstić information content (AvgIpc) is 2.46. The maximum absolute atomic E-state index is 11.9. The second-order valence-corrected chi connectivity index (χ2v) is 5.70. The number of amides is 1. The van der Waals surface area contributed by atoms with Gasteiger partial charge in [-0.15, -0.1) is 0 Å². The molecule has 4 nitrogen and oxygen atoms in total. The van der Waals surface area contributed by atoms with E-state index < -0.39 is 0 Å². The summed E-state index contributed by atoms with van der Waals surface area (Å²) >= 11 is 0. The van der Waals surface area contributed by atoms with Crippen LogP contribution in [0.15, 0.2) is 24.3 Å². The van der Waals surface area contributed by atoms with Crippen molar-refractivity contribution in [2.24, 2.45) is 0 Å². The normalized spacial score (nSPS) is 15.7. The molecular weight excluding hydrogens is 250 g/mol. The van der Waals surface area contributed by atoms with Gasteiger partial charge in [0.25, 0.3) is 0 Å². The first-order valence-corrected chi connectivity index (χ1v) is 7.46. The van der Waals surface area contributed by atoms with Crippen LogP contribution < -0.4 is 15.5 Å². The summed E-state index contributed by atoms with van der Waals surface area (Å²) in [5, 5.41) is 6.28. The van der Waals surface area contributed by atoms with Crippen molar-refractivity contribution in [1.29, 1.82) is 0 Å². The quantitative estimate of drug-likeness (QED) is 0.868. The van der Waals surface area contributed by atoms with Crippen molar-refractivity contribution in [3.05, 3.63) is 24.3 Å². The van der Waals surface area contributed by atoms with Crippen LogP contribution in [0, 0.1) is 0 Å². The topological polar surface area (TPSA) is 44.4 Å². The largest absolute Gasteiger partial charge is 0.378 e. The van der Waals surface area contributed by atoms with E-state index in [1.54, 1.807) is 0 Å². The van der Waals surface area contributed by atoms with Gasteiger partial charge in [-0.25, -0.2) is 0 Å². The molecule has 1 fully saturated rings. The van der Waals surface area contributed by atoms with Crippen LogP contribution in [0.1, 0.15) is 32.1 Å². The number of carbonyl (C=O) groups is 1. The number of carbonyl (C=O) groups excluding carboxylic acids is 1. The fourth-order valence-corrected chi connectivity index (χ4v) is 2.59. The fourth-order valence-electron chi connectivity index (χ4n) is 2.59.